The maximum atomic E-state index is 12.3. The fourth-order valence-corrected chi connectivity index (χ4v) is 2.47. The predicted molar refractivity (Wildman–Crippen MR) is 84.6 cm³/mol. The summed E-state index contributed by atoms with van der Waals surface area (Å²) in [5.41, 5.74) is 0.469. The average Bonchev–Trinajstić information content (AvgIpc) is 2.45. The van der Waals surface area contributed by atoms with Gasteiger partial charge >= 0.3 is 5.97 Å². The van der Waals surface area contributed by atoms with Crippen molar-refractivity contribution in [1.82, 2.24) is 5.32 Å². The molecular weight excluding hydrogens is 390 g/mol. The molecule has 110 valence electrons. The molecule has 0 saturated heterocycles. The van der Waals surface area contributed by atoms with Gasteiger partial charge in [0.05, 0.1) is 12.7 Å². The molecule has 2 unspecified atom stereocenters. The number of halogens is 2. The van der Waals surface area contributed by atoms with Gasteiger partial charge in [0.1, 0.15) is 6.04 Å². The fourth-order valence-electron chi connectivity index (χ4n) is 1.69. The van der Waals surface area contributed by atoms with Crippen molar-refractivity contribution >= 4 is 43.7 Å². The first-order chi connectivity index (χ1) is 9.40. The smallest absolute Gasteiger partial charge is 0.328 e. The molecule has 0 aliphatic heterocycles. The molecule has 0 spiro atoms. The molecule has 0 aromatic heterocycles. The first-order valence-electron chi connectivity index (χ1n) is 6.24. The van der Waals surface area contributed by atoms with E-state index < -0.39 is 12.0 Å². The van der Waals surface area contributed by atoms with Crippen molar-refractivity contribution in [3.63, 3.8) is 0 Å². The van der Waals surface area contributed by atoms with E-state index in [9.17, 15) is 9.59 Å². The second-order valence-electron chi connectivity index (χ2n) is 4.48. The van der Waals surface area contributed by atoms with Gasteiger partial charge in [0.2, 0.25) is 0 Å². The van der Waals surface area contributed by atoms with Gasteiger partial charge < -0.3 is 10.1 Å². The number of benzene rings is 1. The van der Waals surface area contributed by atoms with Crippen molar-refractivity contribution in [2.24, 2.45) is 5.92 Å². The molecule has 0 heterocycles. The highest BCUT2D eigenvalue weighted by atomic mass is 79.9. The van der Waals surface area contributed by atoms with Crippen LogP contribution in [0.4, 0.5) is 0 Å². The van der Waals surface area contributed by atoms with E-state index in [-0.39, 0.29) is 11.8 Å². The molecule has 0 radical (unpaired) electrons. The van der Waals surface area contributed by atoms with Crippen molar-refractivity contribution in [1.29, 1.82) is 0 Å². The highest BCUT2D eigenvalue weighted by Crippen LogP contribution is 2.22. The molecule has 0 saturated carbocycles. The van der Waals surface area contributed by atoms with E-state index in [1.54, 1.807) is 12.1 Å². The van der Waals surface area contributed by atoms with Gasteiger partial charge in [-0.3, -0.25) is 4.79 Å². The van der Waals surface area contributed by atoms with E-state index in [1.165, 1.54) is 7.11 Å². The highest BCUT2D eigenvalue weighted by molar-refractivity contribution is 9.11. The Balaban J connectivity index is 2.96. The summed E-state index contributed by atoms with van der Waals surface area (Å²) >= 11 is 6.65. The molecule has 0 bridgehead atoms. The zero-order chi connectivity index (χ0) is 15.3. The second-order valence-corrected chi connectivity index (χ2v) is 6.25. The summed E-state index contributed by atoms with van der Waals surface area (Å²) < 4.78 is 6.22. The number of hydrogen-bond donors (Lipinski definition) is 1. The molecule has 0 aliphatic rings. The maximum Gasteiger partial charge on any atom is 0.328 e. The SMILES string of the molecule is CCC(C)C(NC(=O)c1cc(Br)ccc1Br)C(=O)OC. The van der Waals surface area contributed by atoms with Crippen molar-refractivity contribution in [3.8, 4) is 0 Å². The average molecular weight is 407 g/mol. The Morgan fingerprint density at radius 2 is 2.00 bits per heavy atom. The van der Waals surface area contributed by atoms with Crippen molar-refractivity contribution in [2.75, 3.05) is 7.11 Å². The van der Waals surface area contributed by atoms with Gasteiger partial charge in [-0.15, -0.1) is 0 Å². The molecule has 0 aliphatic carbocycles. The van der Waals surface area contributed by atoms with Crippen LogP contribution in [0, 0.1) is 5.92 Å². The number of carbonyl (C=O) groups is 2. The molecule has 2 atom stereocenters. The van der Waals surface area contributed by atoms with E-state index in [1.807, 2.05) is 19.9 Å². The highest BCUT2D eigenvalue weighted by Gasteiger charge is 2.27. The normalized spacial score (nSPS) is 13.4. The number of rotatable bonds is 5. The van der Waals surface area contributed by atoms with E-state index >= 15 is 0 Å². The molecule has 20 heavy (non-hydrogen) atoms. The van der Waals surface area contributed by atoms with Crippen LogP contribution in [0.3, 0.4) is 0 Å². The number of amides is 1. The number of hydrogen-bond acceptors (Lipinski definition) is 3. The lowest BCUT2D eigenvalue weighted by Gasteiger charge is -2.22. The minimum absolute atomic E-state index is 0.00247. The Hall–Kier alpha value is -0.880. The lowest BCUT2D eigenvalue weighted by atomic mass is 9.99. The molecular formula is C14H17Br2NO3. The van der Waals surface area contributed by atoms with Crippen LogP contribution in [0.2, 0.25) is 0 Å². The summed E-state index contributed by atoms with van der Waals surface area (Å²) in [6.45, 7) is 3.86. The number of nitrogens with one attached hydrogen (secondary N) is 1. The fraction of sp³-hybridized carbons (Fsp3) is 0.429. The van der Waals surface area contributed by atoms with Crippen LogP contribution >= 0.6 is 31.9 Å². The molecule has 4 nitrogen and oxygen atoms in total. The zero-order valence-corrected chi connectivity index (χ0v) is 14.7. The summed E-state index contributed by atoms with van der Waals surface area (Å²) in [6.07, 6.45) is 0.764. The number of methoxy groups -OCH3 is 1. The number of carbonyl (C=O) groups excluding carboxylic acids is 2. The van der Waals surface area contributed by atoms with E-state index in [0.717, 1.165) is 10.9 Å². The number of esters is 1. The topological polar surface area (TPSA) is 55.4 Å². The third-order valence-corrected chi connectivity index (χ3v) is 4.31. The summed E-state index contributed by atoms with van der Waals surface area (Å²) in [5.74, 6) is -0.745. The third kappa shape index (κ3) is 4.31. The Morgan fingerprint density at radius 1 is 1.35 bits per heavy atom. The molecule has 1 aromatic carbocycles. The molecule has 1 N–H and O–H groups in total. The number of ether oxygens (including phenoxy) is 1. The Labute approximate surface area is 135 Å². The molecule has 1 rings (SSSR count). The summed E-state index contributed by atoms with van der Waals surface area (Å²) in [4.78, 5) is 24.1. The Kier molecular flexibility index (Phi) is 6.68. The first-order valence-corrected chi connectivity index (χ1v) is 7.83. The van der Waals surface area contributed by atoms with Crippen LogP contribution in [-0.4, -0.2) is 25.0 Å². The summed E-state index contributed by atoms with van der Waals surface area (Å²) in [5, 5.41) is 2.74. The van der Waals surface area contributed by atoms with E-state index in [0.29, 0.717) is 10.0 Å². The van der Waals surface area contributed by atoms with E-state index in [4.69, 9.17) is 4.74 Å². The largest absolute Gasteiger partial charge is 0.467 e. The quantitative estimate of drug-likeness (QED) is 0.761. The molecule has 1 aromatic rings. The van der Waals surface area contributed by atoms with Gasteiger partial charge in [0.25, 0.3) is 5.91 Å². The Bertz CT molecular complexity index is 505. The standard InChI is InChI=1S/C14H17Br2NO3/c1-4-8(2)12(14(19)20-3)17-13(18)10-7-9(15)5-6-11(10)16/h5-8,12H,4H2,1-3H3,(H,17,18). The maximum absolute atomic E-state index is 12.3. The molecule has 1 amide bonds. The van der Waals surface area contributed by atoms with Gasteiger partial charge in [-0.05, 0) is 40.0 Å². The van der Waals surface area contributed by atoms with Crippen molar-refractivity contribution in [2.45, 2.75) is 26.3 Å². The van der Waals surface area contributed by atoms with E-state index in [2.05, 4.69) is 37.2 Å². The summed E-state index contributed by atoms with van der Waals surface area (Å²) in [7, 11) is 1.32. The van der Waals surface area contributed by atoms with Crippen molar-refractivity contribution < 1.29 is 14.3 Å². The van der Waals surface area contributed by atoms with Crippen LogP contribution in [0.15, 0.2) is 27.1 Å². The van der Waals surface area contributed by atoms with Crippen molar-refractivity contribution in [3.05, 3.63) is 32.7 Å². The van der Waals surface area contributed by atoms with Gasteiger partial charge in [-0.2, -0.15) is 0 Å². The van der Waals surface area contributed by atoms with Crippen LogP contribution < -0.4 is 5.32 Å². The lowest BCUT2D eigenvalue weighted by Crippen LogP contribution is -2.45. The first kappa shape index (κ1) is 17.2. The zero-order valence-electron chi connectivity index (χ0n) is 11.6. The molecule has 6 heteroatoms. The van der Waals surface area contributed by atoms with Crippen LogP contribution in [0.5, 0.6) is 0 Å². The summed E-state index contributed by atoms with van der Waals surface area (Å²) in [6, 6.07) is 4.65. The van der Waals surface area contributed by atoms with Gasteiger partial charge in [0.15, 0.2) is 0 Å². The third-order valence-electron chi connectivity index (χ3n) is 3.13. The monoisotopic (exact) mass is 405 g/mol. The van der Waals surface area contributed by atoms with Gasteiger partial charge in [0, 0.05) is 8.95 Å². The van der Waals surface area contributed by atoms with Crippen LogP contribution in [-0.2, 0) is 9.53 Å². The van der Waals surface area contributed by atoms with Crippen LogP contribution in [0.25, 0.3) is 0 Å². The van der Waals surface area contributed by atoms with Crippen LogP contribution in [0.1, 0.15) is 30.6 Å². The second kappa shape index (κ2) is 7.78. The Morgan fingerprint density at radius 3 is 2.55 bits per heavy atom. The molecule has 0 fully saturated rings. The van der Waals surface area contributed by atoms with Gasteiger partial charge in [-0.25, -0.2) is 4.79 Å². The predicted octanol–water partition coefficient (Wildman–Crippen LogP) is 3.53. The lowest BCUT2D eigenvalue weighted by molar-refractivity contribution is -0.144. The van der Waals surface area contributed by atoms with Gasteiger partial charge in [-0.1, -0.05) is 36.2 Å². The minimum Gasteiger partial charge on any atom is -0.467 e. The minimum atomic E-state index is -0.650.